The zero-order chi connectivity index (χ0) is 15.2. The number of esters is 1. The summed E-state index contributed by atoms with van der Waals surface area (Å²) in [4.78, 5) is 22.9. The van der Waals surface area contributed by atoms with Gasteiger partial charge in [-0.15, -0.1) is 0 Å². The minimum Gasteiger partial charge on any atom is -0.462 e. The Morgan fingerprint density at radius 3 is 2.71 bits per heavy atom. The summed E-state index contributed by atoms with van der Waals surface area (Å²) in [6.07, 6.45) is 1.81. The molecule has 0 fully saturated rings. The fourth-order valence-electron chi connectivity index (χ4n) is 1.79. The molecule has 1 aromatic carbocycles. The van der Waals surface area contributed by atoms with Crippen molar-refractivity contribution < 1.29 is 18.7 Å². The van der Waals surface area contributed by atoms with E-state index in [2.05, 4.69) is 0 Å². The summed E-state index contributed by atoms with van der Waals surface area (Å²) in [5.41, 5.74) is 1.13. The number of hydrogen-bond acceptors (Lipinski definition) is 4. The van der Waals surface area contributed by atoms with Crippen molar-refractivity contribution in [1.82, 2.24) is 0 Å². The summed E-state index contributed by atoms with van der Waals surface area (Å²) >= 11 is 5.35. The molecule has 5 heteroatoms. The molecule has 0 spiro atoms. The second-order valence-electron chi connectivity index (χ2n) is 4.51. The van der Waals surface area contributed by atoms with E-state index >= 15 is 0 Å². The van der Waals surface area contributed by atoms with Gasteiger partial charge in [0.2, 0.25) is 0 Å². The van der Waals surface area contributed by atoms with Gasteiger partial charge in [0, 0.05) is 5.56 Å². The number of unbranched alkanes of at least 4 members (excludes halogenated alkanes) is 1. The number of ether oxygens (including phenoxy) is 1. The first kappa shape index (κ1) is 15.3. The zero-order valence-electron chi connectivity index (χ0n) is 11.6. The Morgan fingerprint density at radius 1 is 1.24 bits per heavy atom. The molecule has 0 N–H and O–H groups in total. The molecule has 0 aliphatic rings. The first-order valence-electron chi connectivity index (χ1n) is 6.69. The van der Waals surface area contributed by atoms with Crippen LogP contribution < -0.4 is 0 Å². The lowest BCUT2D eigenvalue weighted by Gasteiger charge is -2.05. The molecule has 2 aromatic rings. The number of rotatable bonds is 6. The highest BCUT2D eigenvalue weighted by molar-refractivity contribution is 6.67. The van der Waals surface area contributed by atoms with Crippen molar-refractivity contribution in [3.05, 3.63) is 47.7 Å². The molecule has 110 valence electrons. The molecule has 0 atom stereocenters. The van der Waals surface area contributed by atoms with Crippen LogP contribution in [-0.4, -0.2) is 17.8 Å². The van der Waals surface area contributed by atoms with Crippen LogP contribution in [0.5, 0.6) is 0 Å². The summed E-state index contributed by atoms with van der Waals surface area (Å²) in [6.45, 7) is 2.44. The summed E-state index contributed by atoms with van der Waals surface area (Å²) in [7, 11) is 0. The van der Waals surface area contributed by atoms with E-state index in [1.54, 1.807) is 30.3 Å². The van der Waals surface area contributed by atoms with Gasteiger partial charge in [0.15, 0.2) is 5.76 Å². The second kappa shape index (κ2) is 7.09. The lowest BCUT2D eigenvalue weighted by molar-refractivity contribution is 0.0499. The maximum absolute atomic E-state index is 11.9. The smallest absolute Gasteiger partial charge is 0.338 e. The summed E-state index contributed by atoms with van der Waals surface area (Å²) in [5, 5.41) is -0.656. The van der Waals surface area contributed by atoms with Gasteiger partial charge < -0.3 is 9.15 Å². The molecule has 21 heavy (non-hydrogen) atoms. The predicted molar refractivity (Wildman–Crippen MR) is 79.5 cm³/mol. The lowest BCUT2D eigenvalue weighted by atomic mass is 10.1. The fraction of sp³-hybridized carbons (Fsp3) is 0.250. The Morgan fingerprint density at radius 2 is 2.05 bits per heavy atom. The number of furan rings is 1. The molecule has 0 aliphatic heterocycles. The minimum absolute atomic E-state index is 0.0718. The van der Waals surface area contributed by atoms with E-state index in [0.717, 1.165) is 12.8 Å². The highest BCUT2D eigenvalue weighted by Crippen LogP contribution is 2.24. The molecular weight excluding hydrogens is 292 g/mol. The Balaban J connectivity index is 2.16. The molecule has 0 aliphatic carbocycles. The van der Waals surface area contributed by atoms with E-state index in [1.807, 2.05) is 6.92 Å². The van der Waals surface area contributed by atoms with Crippen LogP contribution >= 0.6 is 11.6 Å². The first-order valence-corrected chi connectivity index (χ1v) is 7.07. The van der Waals surface area contributed by atoms with Crippen LogP contribution in [0.1, 0.15) is 40.7 Å². The SMILES string of the molecule is CCCCOC(=O)c1cccc(-c2ccc(C(=O)Cl)o2)c1. The van der Waals surface area contributed by atoms with Gasteiger partial charge in [0.05, 0.1) is 12.2 Å². The average Bonchev–Trinajstić information content (AvgIpc) is 2.97. The Labute approximate surface area is 127 Å². The van der Waals surface area contributed by atoms with Crippen molar-refractivity contribution in [3.8, 4) is 11.3 Å². The average molecular weight is 307 g/mol. The molecule has 0 amide bonds. The van der Waals surface area contributed by atoms with E-state index in [9.17, 15) is 9.59 Å². The molecule has 2 rings (SSSR count). The molecule has 0 saturated heterocycles. The highest BCUT2D eigenvalue weighted by atomic mass is 35.5. The molecule has 0 bridgehead atoms. The maximum atomic E-state index is 11.9. The minimum atomic E-state index is -0.656. The quantitative estimate of drug-likeness (QED) is 0.454. The Hall–Kier alpha value is -2.07. The van der Waals surface area contributed by atoms with Gasteiger partial charge in [-0.25, -0.2) is 4.79 Å². The number of carbonyl (C=O) groups excluding carboxylic acids is 2. The van der Waals surface area contributed by atoms with Crippen molar-refractivity contribution in [2.24, 2.45) is 0 Å². The van der Waals surface area contributed by atoms with Gasteiger partial charge in [-0.1, -0.05) is 25.5 Å². The topological polar surface area (TPSA) is 56.5 Å². The van der Waals surface area contributed by atoms with Gasteiger partial charge in [0.25, 0.3) is 5.24 Å². The normalized spacial score (nSPS) is 10.4. The van der Waals surface area contributed by atoms with Gasteiger partial charge in [-0.3, -0.25) is 4.79 Å². The summed E-state index contributed by atoms with van der Waals surface area (Å²) < 4.78 is 10.5. The third kappa shape index (κ3) is 3.95. The molecule has 1 heterocycles. The largest absolute Gasteiger partial charge is 0.462 e. The molecule has 1 aromatic heterocycles. The van der Waals surface area contributed by atoms with E-state index in [1.165, 1.54) is 6.07 Å². The Kier molecular flexibility index (Phi) is 5.17. The lowest BCUT2D eigenvalue weighted by Crippen LogP contribution is -2.06. The van der Waals surface area contributed by atoms with Gasteiger partial charge >= 0.3 is 5.97 Å². The maximum Gasteiger partial charge on any atom is 0.338 e. The third-order valence-electron chi connectivity index (χ3n) is 2.91. The van der Waals surface area contributed by atoms with E-state index in [-0.39, 0.29) is 11.7 Å². The molecule has 0 saturated carbocycles. The van der Waals surface area contributed by atoms with Crippen LogP contribution in [0, 0.1) is 0 Å². The van der Waals surface area contributed by atoms with Crippen LogP contribution in [0.25, 0.3) is 11.3 Å². The van der Waals surface area contributed by atoms with Crippen molar-refractivity contribution in [3.63, 3.8) is 0 Å². The van der Waals surface area contributed by atoms with E-state index < -0.39 is 5.24 Å². The summed E-state index contributed by atoms with van der Waals surface area (Å²) in [5.74, 6) is 0.176. The van der Waals surface area contributed by atoms with Crippen LogP contribution in [0.4, 0.5) is 0 Å². The van der Waals surface area contributed by atoms with E-state index in [4.69, 9.17) is 20.8 Å². The number of hydrogen-bond donors (Lipinski definition) is 0. The number of carbonyl (C=O) groups is 2. The van der Waals surface area contributed by atoms with Gasteiger partial charge in [-0.05, 0) is 42.3 Å². The number of halogens is 1. The third-order valence-corrected chi connectivity index (χ3v) is 3.10. The van der Waals surface area contributed by atoms with Gasteiger partial charge in [-0.2, -0.15) is 0 Å². The molecule has 0 radical (unpaired) electrons. The van der Waals surface area contributed by atoms with Crippen molar-refractivity contribution in [1.29, 1.82) is 0 Å². The van der Waals surface area contributed by atoms with Crippen LogP contribution in [0.2, 0.25) is 0 Å². The zero-order valence-corrected chi connectivity index (χ0v) is 12.4. The van der Waals surface area contributed by atoms with Crippen molar-refractivity contribution in [2.45, 2.75) is 19.8 Å². The fourth-order valence-corrected chi connectivity index (χ4v) is 1.89. The van der Waals surface area contributed by atoms with E-state index in [0.29, 0.717) is 23.5 Å². The molecule has 0 unspecified atom stereocenters. The molecular formula is C16H15ClO4. The monoisotopic (exact) mass is 306 g/mol. The second-order valence-corrected chi connectivity index (χ2v) is 4.85. The van der Waals surface area contributed by atoms with Crippen molar-refractivity contribution >= 4 is 22.8 Å². The number of benzene rings is 1. The summed E-state index contributed by atoms with van der Waals surface area (Å²) in [6, 6.07) is 9.98. The van der Waals surface area contributed by atoms with Crippen LogP contribution in [0.15, 0.2) is 40.8 Å². The standard InChI is InChI=1S/C16H15ClO4/c1-2-3-9-20-16(19)12-6-4-5-11(10-12)13-7-8-14(21-13)15(17)18/h4-8,10H,2-3,9H2,1H3. The van der Waals surface area contributed by atoms with Crippen LogP contribution in [0.3, 0.4) is 0 Å². The van der Waals surface area contributed by atoms with Crippen molar-refractivity contribution in [2.75, 3.05) is 6.61 Å². The highest BCUT2D eigenvalue weighted by Gasteiger charge is 2.12. The van der Waals surface area contributed by atoms with Gasteiger partial charge in [0.1, 0.15) is 5.76 Å². The molecule has 4 nitrogen and oxygen atoms in total. The first-order chi connectivity index (χ1) is 10.1. The predicted octanol–water partition coefficient (Wildman–Crippen LogP) is 4.28. The Bertz CT molecular complexity index is 645. The van der Waals surface area contributed by atoms with Crippen LogP contribution in [-0.2, 0) is 4.74 Å².